The first-order chi connectivity index (χ1) is 9.20. The third kappa shape index (κ3) is 1.39. The molecule has 0 aliphatic heterocycles. The number of hydrogen-bond donors (Lipinski definition) is 0. The molecule has 2 aliphatic carbocycles. The average molecular weight is 250 g/mol. The molecule has 0 N–H and O–H groups in total. The first-order valence-electron chi connectivity index (χ1n) is 7.24. The summed E-state index contributed by atoms with van der Waals surface area (Å²) in [5, 5.41) is 2.72. The number of Topliss-reactive ketones (excluding diaryl/α,β-unsaturated/α-hetero) is 1. The second kappa shape index (κ2) is 3.69. The van der Waals surface area contributed by atoms with Crippen LogP contribution in [0.1, 0.15) is 43.2 Å². The lowest BCUT2D eigenvalue weighted by molar-refractivity contribution is -0.126. The molecule has 19 heavy (non-hydrogen) atoms. The Morgan fingerprint density at radius 1 is 1.11 bits per heavy atom. The minimum Gasteiger partial charge on any atom is -0.299 e. The molecule has 0 amide bonds. The molecule has 0 radical (unpaired) electrons. The summed E-state index contributed by atoms with van der Waals surface area (Å²) in [5.41, 5.74) is 2.85. The van der Waals surface area contributed by atoms with E-state index in [4.69, 9.17) is 0 Å². The third-order valence-corrected chi connectivity index (χ3v) is 5.41. The zero-order valence-corrected chi connectivity index (χ0v) is 11.3. The number of carbonyl (C=O) groups excluding carboxylic acids is 1. The van der Waals surface area contributed by atoms with Crippen LogP contribution >= 0.6 is 0 Å². The molecule has 0 spiro atoms. The van der Waals surface area contributed by atoms with E-state index in [1.54, 1.807) is 0 Å². The zero-order chi connectivity index (χ0) is 13.0. The smallest absolute Gasteiger partial charge is 0.139 e. The fraction of sp³-hybridized carbons (Fsp3) is 0.389. The van der Waals surface area contributed by atoms with E-state index in [9.17, 15) is 4.79 Å². The minimum atomic E-state index is -0.0878. The van der Waals surface area contributed by atoms with Gasteiger partial charge in [-0.1, -0.05) is 43.3 Å². The normalized spacial score (nSPS) is 29.3. The van der Waals surface area contributed by atoms with Crippen LogP contribution in [0.25, 0.3) is 10.8 Å². The highest BCUT2D eigenvalue weighted by atomic mass is 16.1. The molecule has 0 saturated heterocycles. The van der Waals surface area contributed by atoms with Crippen LogP contribution in [0, 0.1) is 5.41 Å². The van der Waals surface area contributed by atoms with Crippen molar-refractivity contribution in [3.63, 3.8) is 0 Å². The summed E-state index contributed by atoms with van der Waals surface area (Å²) in [6, 6.07) is 13.1. The summed E-state index contributed by atoms with van der Waals surface area (Å²) in [6.07, 6.45) is 3.89. The van der Waals surface area contributed by atoms with Crippen LogP contribution < -0.4 is 0 Å². The van der Waals surface area contributed by atoms with E-state index < -0.39 is 0 Å². The van der Waals surface area contributed by atoms with Gasteiger partial charge in [-0.15, -0.1) is 0 Å². The summed E-state index contributed by atoms with van der Waals surface area (Å²) in [5.74, 6) is 0.935. The maximum atomic E-state index is 12.2. The molecule has 2 aromatic carbocycles. The lowest BCUT2D eigenvalue weighted by Gasteiger charge is -2.37. The van der Waals surface area contributed by atoms with Gasteiger partial charge in [-0.25, -0.2) is 0 Å². The van der Waals surface area contributed by atoms with Crippen molar-refractivity contribution in [3.8, 4) is 0 Å². The van der Waals surface area contributed by atoms with Gasteiger partial charge in [0.25, 0.3) is 0 Å². The zero-order valence-electron chi connectivity index (χ0n) is 11.3. The summed E-state index contributed by atoms with van der Waals surface area (Å²) in [7, 11) is 0. The van der Waals surface area contributed by atoms with Gasteiger partial charge in [-0.3, -0.25) is 4.79 Å². The van der Waals surface area contributed by atoms with Crippen LogP contribution in [0.5, 0.6) is 0 Å². The third-order valence-electron chi connectivity index (χ3n) is 5.41. The van der Waals surface area contributed by atoms with Gasteiger partial charge in [0.05, 0.1) is 0 Å². The van der Waals surface area contributed by atoms with E-state index in [1.165, 1.54) is 21.9 Å². The lowest BCUT2D eigenvalue weighted by Crippen LogP contribution is -2.32. The maximum Gasteiger partial charge on any atom is 0.139 e. The van der Waals surface area contributed by atoms with Crippen molar-refractivity contribution in [1.82, 2.24) is 0 Å². The maximum absolute atomic E-state index is 12.2. The monoisotopic (exact) mass is 250 g/mol. The van der Waals surface area contributed by atoms with Crippen molar-refractivity contribution in [1.29, 1.82) is 0 Å². The van der Waals surface area contributed by atoms with Crippen LogP contribution in [0.3, 0.4) is 0 Å². The Labute approximate surface area is 113 Å². The molecule has 2 aromatic rings. The first-order valence-corrected chi connectivity index (χ1v) is 7.24. The molecule has 1 unspecified atom stereocenters. The highest BCUT2D eigenvalue weighted by molar-refractivity contribution is 5.91. The van der Waals surface area contributed by atoms with E-state index >= 15 is 0 Å². The SMILES string of the molecule is C[C@]12CCc3c(ccc4ccccc34)C1CCC2=O. The fourth-order valence-corrected chi connectivity index (χ4v) is 4.23. The molecule has 96 valence electrons. The van der Waals surface area contributed by atoms with Crippen LogP contribution in [0.4, 0.5) is 0 Å². The molecular formula is C18H18O. The van der Waals surface area contributed by atoms with Gasteiger partial charge in [0, 0.05) is 11.8 Å². The highest BCUT2D eigenvalue weighted by Gasteiger charge is 2.49. The summed E-state index contributed by atoms with van der Waals surface area (Å²) in [6.45, 7) is 2.19. The van der Waals surface area contributed by atoms with Gasteiger partial charge in [-0.2, -0.15) is 0 Å². The minimum absolute atomic E-state index is 0.0878. The fourth-order valence-electron chi connectivity index (χ4n) is 4.23. The Bertz CT molecular complexity index is 685. The molecule has 0 bridgehead atoms. The Morgan fingerprint density at radius 3 is 2.84 bits per heavy atom. The van der Waals surface area contributed by atoms with Crippen LogP contribution in [0.15, 0.2) is 36.4 Å². The van der Waals surface area contributed by atoms with Crippen molar-refractivity contribution in [2.75, 3.05) is 0 Å². The first kappa shape index (κ1) is 11.2. The van der Waals surface area contributed by atoms with Gasteiger partial charge in [0.15, 0.2) is 0 Å². The van der Waals surface area contributed by atoms with Crippen molar-refractivity contribution < 1.29 is 4.79 Å². The van der Waals surface area contributed by atoms with Crippen molar-refractivity contribution in [2.45, 2.75) is 38.5 Å². The molecule has 0 heterocycles. The number of hydrogen-bond acceptors (Lipinski definition) is 1. The van der Waals surface area contributed by atoms with Crippen LogP contribution in [-0.2, 0) is 11.2 Å². The Hall–Kier alpha value is -1.63. The van der Waals surface area contributed by atoms with Crippen molar-refractivity contribution >= 4 is 16.6 Å². The van der Waals surface area contributed by atoms with Gasteiger partial charge in [0.1, 0.15) is 5.78 Å². The van der Waals surface area contributed by atoms with Crippen molar-refractivity contribution in [3.05, 3.63) is 47.5 Å². The molecule has 1 nitrogen and oxygen atoms in total. The molecule has 2 atom stereocenters. The van der Waals surface area contributed by atoms with Crippen LogP contribution in [-0.4, -0.2) is 5.78 Å². The Morgan fingerprint density at radius 2 is 1.95 bits per heavy atom. The summed E-state index contributed by atoms with van der Waals surface area (Å²) >= 11 is 0. The largest absolute Gasteiger partial charge is 0.299 e. The van der Waals surface area contributed by atoms with Crippen LogP contribution in [0.2, 0.25) is 0 Å². The average Bonchev–Trinajstić information content (AvgIpc) is 2.75. The highest BCUT2D eigenvalue weighted by Crippen LogP contribution is 2.54. The van der Waals surface area contributed by atoms with E-state index in [0.717, 1.165) is 25.7 Å². The van der Waals surface area contributed by atoms with E-state index in [1.807, 2.05) is 0 Å². The Balaban J connectivity index is 1.97. The lowest BCUT2D eigenvalue weighted by atomic mass is 9.66. The van der Waals surface area contributed by atoms with Gasteiger partial charge >= 0.3 is 0 Å². The van der Waals surface area contributed by atoms with Gasteiger partial charge in [0.2, 0.25) is 0 Å². The molecule has 0 aromatic heterocycles. The van der Waals surface area contributed by atoms with Gasteiger partial charge in [-0.05, 0) is 47.1 Å². The van der Waals surface area contributed by atoms with Gasteiger partial charge < -0.3 is 0 Å². The van der Waals surface area contributed by atoms with E-state index in [0.29, 0.717) is 11.7 Å². The second-order valence-electron chi connectivity index (χ2n) is 6.29. The number of benzene rings is 2. The van der Waals surface area contributed by atoms with Crippen molar-refractivity contribution in [2.24, 2.45) is 5.41 Å². The summed E-state index contributed by atoms with van der Waals surface area (Å²) in [4.78, 5) is 12.2. The molecular weight excluding hydrogens is 232 g/mol. The standard InChI is InChI=1S/C18H18O/c1-18-11-10-14-13-5-3-2-4-12(13)6-7-15(14)16(18)8-9-17(18)19/h2-7,16H,8-11H2,1H3/t16?,18-/m0/s1. The number of rotatable bonds is 0. The number of ketones is 1. The quantitative estimate of drug-likeness (QED) is 0.683. The number of aryl methyl sites for hydroxylation is 1. The molecule has 1 saturated carbocycles. The summed E-state index contributed by atoms with van der Waals surface area (Å²) < 4.78 is 0. The second-order valence-corrected chi connectivity index (χ2v) is 6.29. The predicted octanol–water partition coefficient (Wildman–Crippen LogP) is 4.24. The topological polar surface area (TPSA) is 17.1 Å². The number of carbonyl (C=O) groups is 1. The number of fused-ring (bicyclic) bond motifs is 5. The molecule has 2 aliphatic rings. The Kier molecular flexibility index (Phi) is 2.18. The van der Waals surface area contributed by atoms with E-state index in [2.05, 4.69) is 43.3 Å². The van der Waals surface area contributed by atoms with E-state index in [-0.39, 0.29) is 5.41 Å². The molecule has 4 rings (SSSR count). The predicted molar refractivity (Wildman–Crippen MR) is 77.4 cm³/mol. The molecule has 1 fully saturated rings. The molecule has 1 heteroatoms.